The van der Waals surface area contributed by atoms with Gasteiger partial charge in [-0.05, 0) is 44.9 Å². The molecule has 0 saturated carbocycles. The average Bonchev–Trinajstić information content (AvgIpc) is 2.45. The quantitative estimate of drug-likeness (QED) is 0.822. The summed E-state index contributed by atoms with van der Waals surface area (Å²) in [6, 6.07) is 7.78. The van der Waals surface area contributed by atoms with E-state index in [1.807, 2.05) is 45.0 Å². The number of likely N-dealkylation sites (tertiary alicyclic amines) is 1. The van der Waals surface area contributed by atoms with Crippen molar-refractivity contribution >= 4 is 17.7 Å². The fourth-order valence-electron chi connectivity index (χ4n) is 2.68. The van der Waals surface area contributed by atoms with E-state index >= 15 is 0 Å². The van der Waals surface area contributed by atoms with Crippen molar-refractivity contribution in [2.24, 2.45) is 0 Å². The molecule has 1 saturated heterocycles. The Labute approximate surface area is 137 Å². The number of rotatable bonds is 2. The summed E-state index contributed by atoms with van der Waals surface area (Å²) >= 11 is 5.95. The van der Waals surface area contributed by atoms with Crippen LogP contribution in [-0.2, 0) is 9.47 Å². The lowest BCUT2D eigenvalue weighted by Crippen LogP contribution is -2.47. The summed E-state index contributed by atoms with van der Waals surface area (Å²) in [6.07, 6.45) is 0.618. The molecule has 5 heteroatoms. The van der Waals surface area contributed by atoms with Crippen LogP contribution in [0.5, 0.6) is 0 Å². The Bertz CT molecular complexity index is 510. The Hall–Kier alpha value is -1.26. The number of nitrogens with zero attached hydrogens (tertiary/aromatic N) is 1. The summed E-state index contributed by atoms with van der Waals surface area (Å²) < 4.78 is 11.0. The molecule has 1 aliphatic rings. The lowest BCUT2D eigenvalue weighted by molar-refractivity contribution is -0.0110. The number of hydrogen-bond acceptors (Lipinski definition) is 3. The molecule has 0 N–H and O–H groups in total. The number of amides is 1. The smallest absolute Gasteiger partial charge is 0.410 e. The van der Waals surface area contributed by atoms with Crippen molar-refractivity contribution in [1.29, 1.82) is 0 Å². The lowest BCUT2D eigenvalue weighted by Gasteiger charge is -2.38. The zero-order valence-corrected chi connectivity index (χ0v) is 14.4. The fraction of sp³-hybridized carbons (Fsp3) is 0.588. The second-order valence-corrected chi connectivity index (χ2v) is 7.16. The highest BCUT2D eigenvalue weighted by molar-refractivity contribution is 6.30. The van der Waals surface area contributed by atoms with Gasteiger partial charge in [0.05, 0.1) is 12.6 Å². The summed E-state index contributed by atoms with van der Waals surface area (Å²) in [7, 11) is 1.68. The third-order valence-corrected chi connectivity index (χ3v) is 3.99. The number of hydrogen-bond donors (Lipinski definition) is 0. The first-order chi connectivity index (χ1) is 10.3. The predicted molar refractivity (Wildman–Crippen MR) is 87.4 cm³/mol. The van der Waals surface area contributed by atoms with Crippen molar-refractivity contribution in [3.05, 3.63) is 34.9 Å². The Morgan fingerprint density at radius 2 is 1.86 bits per heavy atom. The molecule has 1 aromatic carbocycles. The Morgan fingerprint density at radius 1 is 1.23 bits per heavy atom. The molecule has 0 bridgehead atoms. The highest BCUT2D eigenvalue weighted by Crippen LogP contribution is 2.30. The minimum atomic E-state index is -0.493. The van der Waals surface area contributed by atoms with Gasteiger partial charge in [-0.3, -0.25) is 0 Å². The van der Waals surface area contributed by atoms with Crippen molar-refractivity contribution in [3.63, 3.8) is 0 Å². The second-order valence-electron chi connectivity index (χ2n) is 6.73. The van der Waals surface area contributed by atoms with E-state index in [4.69, 9.17) is 21.1 Å². The lowest BCUT2D eigenvalue weighted by atomic mass is 9.89. The molecule has 0 aromatic heterocycles. The zero-order chi connectivity index (χ0) is 16.3. The molecule has 1 aliphatic heterocycles. The first-order valence-electron chi connectivity index (χ1n) is 7.54. The minimum absolute atomic E-state index is 0.0157. The van der Waals surface area contributed by atoms with Gasteiger partial charge in [0.25, 0.3) is 0 Å². The molecule has 2 rings (SSSR count). The summed E-state index contributed by atoms with van der Waals surface area (Å²) in [5.74, 6) is 0.225. The van der Waals surface area contributed by atoms with E-state index in [1.54, 1.807) is 12.0 Å². The molecular formula is C17H24ClNO3. The van der Waals surface area contributed by atoms with Gasteiger partial charge in [0, 0.05) is 24.6 Å². The number of piperidine rings is 1. The predicted octanol–water partition coefficient (Wildman–Crippen LogP) is 4.08. The van der Waals surface area contributed by atoms with E-state index in [9.17, 15) is 4.79 Å². The molecule has 2 atom stereocenters. The van der Waals surface area contributed by atoms with E-state index in [-0.39, 0.29) is 18.1 Å². The highest BCUT2D eigenvalue weighted by atomic mass is 35.5. The summed E-state index contributed by atoms with van der Waals surface area (Å²) in [5.41, 5.74) is 0.673. The molecule has 122 valence electrons. The van der Waals surface area contributed by atoms with Crippen molar-refractivity contribution < 1.29 is 14.3 Å². The highest BCUT2D eigenvalue weighted by Gasteiger charge is 2.33. The Kier molecular flexibility index (Phi) is 5.35. The van der Waals surface area contributed by atoms with E-state index in [1.165, 1.54) is 5.56 Å². The van der Waals surface area contributed by atoms with Gasteiger partial charge in [-0.25, -0.2) is 4.79 Å². The standard InChI is InChI=1S/C17H24ClNO3/c1-17(2,3)22-16(20)19-10-13(9-15(11-19)21-4)12-5-7-14(18)8-6-12/h5-8,13,15H,9-11H2,1-4H3. The maximum Gasteiger partial charge on any atom is 0.410 e. The van der Waals surface area contributed by atoms with Gasteiger partial charge < -0.3 is 14.4 Å². The van der Waals surface area contributed by atoms with E-state index in [0.29, 0.717) is 18.1 Å². The number of methoxy groups -OCH3 is 1. The van der Waals surface area contributed by atoms with Crippen molar-refractivity contribution in [1.82, 2.24) is 4.90 Å². The molecule has 0 aliphatic carbocycles. The molecule has 1 heterocycles. The summed E-state index contributed by atoms with van der Waals surface area (Å²) in [4.78, 5) is 14.1. The third kappa shape index (κ3) is 4.62. The Morgan fingerprint density at radius 3 is 2.41 bits per heavy atom. The molecule has 1 amide bonds. The van der Waals surface area contributed by atoms with Crippen LogP contribution in [0.3, 0.4) is 0 Å². The maximum absolute atomic E-state index is 12.3. The molecule has 1 aromatic rings. The van der Waals surface area contributed by atoms with Gasteiger partial charge in [0.1, 0.15) is 5.60 Å². The van der Waals surface area contributed by atoms with E-state index in [0.717, 1.165) is 6.42 Å². The normalized spacial score (nSPS) is 22.5. The van der Waals surface area contributed by atoms with E-state index < -0.39 is 5.60 Å². The third-order valence-electron chi connectivity index (χ3n) is 3.74. The van der Waals surface area contributed by atoms with Gasteiger partial charge >= 0.3 is 6.09 Å². The minimum Gasteiger partial charge on any atom is -0.444 e. The van der Waals surface area contributed by atoms with Gasteiger partial charge in [0.15, 0.2) is 0 Å². The van der Waals surface area contributed by atoms with Crippen LogP contribution in [0, 0.1) is 0 Å². The van der Waals surface area contributed by atoms with Crippen LogP contribution < -0.4 is 0 Å². The van der Waals surface area contributed by atoms with Crippen molar-refractivity contribution in [2.45, 2.75) is 44.8 Å². The van der Waals surface area contributed by atoms with Crippen LogP contribution in [0.4, 0.5) is 4.79 Å². The first-order valence-corrected chi connectivity index (χ1v) is 7.92. The monoisotopic (exact) mass is 325 g/mol. The number of carbonyl (C=O) groups excluding carboxylic acids is 1. The average molecular weight is 326 g/mol. The number of ether oxygens (including phenoxy) is 2. The topological polar surface area (TPSA) is 38.8 Å². The van der Waals surface area contributed by atoms with Crippen LogP contribution in [-0.4, -0.2) is 42.9 Å². The van der Waals surface area contributed by atoms with Crippen LogP contribution in [0.1, 0.15) is 38.7 Å². The van der Waals surface area contributed by atoms with Crippen LogP contribution in [0.15, 0.2) is 24.3 Å². The largest absolute Gasteiger partial charge is 0.444 e. The molecule has 2 unspecified atom stereocenters. The first kappa shape index (κ1) is 17.1. The molecule has 0 spiro atoms. The number of carbonyl (C=O) groups is 1. The molecule has 0 radical (unpaired) electrons. The molecule has 4 nitrogen and oxygen atoms in total. The second kappa shape index (κ2) is 6.88. The maximum atomic E-state index is 12.3. The van der Waals surface area contributed by atoms with Gasteiger partial charge in [-0.1, -0.05) is 23.7 Å². The van der Waals surface area contributed by atoms with E-state index in [2.05, 4.69) is 0 Å². The number of benzene rings is 1. The van der Waals surface area contributed by atoms with Crippen molar-refractivity contribution in [3.8, 4) is 0 Å². The summed E-state index contributed by atoms with van der Waals surface area (Å²) in [6.45, 7) is 6.82. The Balaban J connectivity index is 2.12. The molecule has 22 heavy (non-hydrogen) atoms. The van der Waals surface area contributed by atoms with Crippen LogP contribution in [0.25, 0.3) is 0 Å². The van der Waals surface area contributed by atoms with Crippen LogP contribution >= 0.6 is 11.6 Å². The zero-order valence-electron chi connectivity index (χ0n) is 13.6. The summed E-state index contributed by atoms with van der Waals surface area (Å²) in [5, 5.41) is 0.715. The van der Waals surface area contributed by atoms with Gasteiger partial charge in [-0.15, -0.1) is 0 Å². The number of halogens is 1. The molecule has 1 fully saturated rings. The fourth-order valence-corrected chi connectivity index (χ4v) is 2.80. The van der Waals surface area contributed by atoms with Gasteiger partial charge in [0.2, 0.25) is 0 Å². The molecular weight excluding hydrogens is 302 g/mol. The SMILES string of the molecule is COC1CC(c2ccc(Cl)cc2)CN(C(=O)OC(C)(C)C)C1. The van der Waals surface area contributed by atoms with Crippen molar-refractivity contribution in [2.75, 3.05) is 20.2 Å². The van der Waals surface area contributed by atoms with Gasteiger partial charge in [-0.2, -0.15) is 0 Å². The van der Waals surface area contributed by atoms with Crippen LogP contribution in [0.2, 0.25) is 5.02 Å².